The topological polar surface area (TPSA) is 68.3 Å². The molecule has 0 radical (unpaired) electrons. The van der Waals surface area contributed by atoms with Crippen LogP contribution in [0.15, 0.2) is 18.3 Å². The number of anilines is 1. The van der Waals surface area contributed by atoms with Gasteiger partial charge in [-0.2, -0.15) is 0 Å². The molecule has 0 fully saturated rings. The Morgan fingerprint density at radius 2 is 2.05 bits per heavy atom. The standard InChI is InChI=1S/C15H22N2O3/c1-6-20-14(19)11(15(3,4)5)13(18)17-12-10(2)8-7-9-16-12/h7-9,11H,6H2,1-5H3,(H,16,17,18). The molecule has 1 rings (SSSR count). The maximum absolute atomic E-state index is 12.4. The van der Waals surface area contributed by atoms with E-state index in [9.17, 15) is 9.59 Å². The minimum atomic E-state index is -0.871. The predicted octanol–water partition coefficient (Wildman–Crippen LogP) is 2.55. The van der Waals surface area contributed by atoms with Gasteiger partial charge in [-0.3, -0.25) is 9.59 Å². The van der Waals surface area contributed by atoms with Gasteiger partial charge >= 0.3 is 5.97 Å². The number of pyridine rings is 1. The van der Waals surface area contributed by atoms with Crippen LogP contribution in [-0.4, -0.2) is 23.5 Å². The van der Waals surface area contributed by atoms with Crippen molar-refractivity contribution in [3.63, 3.8) is 0 Å². The fourth-order valence-corrected chi connectivity index (χ4v) is 1.88. The lowest BCUT2D eigenvalue weighted by atomic mass is 9.80. The first-order valence-corrected chi connectivity index (χ1v) is 6.66. The summed E-state index contributed by atoms with van der Waals surface area (Å²) >= 11 is 0. The Morgan fingerprint density at radius 3 is 2.55 bits per heavy atom. The number of nitrogens with one attached hydrogen (secondary N) is 1. The van der Waals surface area contributed by atoms with Crippen molar-refractivity contribution in [3.05, 3.63) is 23.9 Å². The minimum absolute atomic E-state index is 0.251. The van der Waals surface area contributed by atoms with Crippen molar-refractivity contribution in [1.82, 2.24) is 4.98 Å². The molecule has 0 aromatic carbocycles. The highest BCUT2D eigenvalue weighted by Crippen LogP contribution is 2.28. The smallest absolute Gasteiger partial charge is 0.319 e. The van der Waals surface area contributed by atoms with E-state index in [1.54, 1.807) is 19.2 Å². The van der Waals surface area contributed by atoms with E-state index in [1.807, 2.05) is 33.8 Å². The zero-order chi connectivity index (χ0) is 15.3. The van der Waals surface area contributed by atoms with E-state index in [1.165, 1.54) is 0 Å². The molecule has 1 heterocycles. The molecule has 5 heteroatoms. The van der Waals surface area contributed by atoms with E-state index in [0.717, 1.165) is 5.56 Å². The maximum atomic E-state index is 12.4. The quantitative estimate of drug-likeness (QED) is 0.679. The Balaban J connectivity index is 2.95. The third-order valence-electron chi connectivity index (χ3n) is 2.90. The largest absolute Gasteiger partial charge is 0.465 e. The summed E-state index contributed by atoms with van der Waals surface area (Å²) in [6.07, 6.45) is 1.60. The Hall–Kier alpha value is -1.91. The Bertz CT molecular complexity index is 492. The summed E-state index contributed by atoms with van der Waals surface area (Å²) in [6, 6.07) is 3.64. The number of rotatable bonds is 4. The van der Waals surface area contributed by atoms with E-state index < -0.39 is 23.2 Å². The molecule has 20 heavy (non-hydrogen) atoms. The number of ether oxygens (including phenoxy) is 1. The number of aryl methyl sites for hydroxylation is 1. The van der Waals surface area contributed by atoms with Crippen molar-refractivity contribution in [2.24, 2.45) is 11.3 Å². The summed E-state index contributed by atoms with van der Waals surface area (Å²) < 4.78 is 5.00. The molecule has 1 unspecified atom stereocenters. The van der Waals surface area contributed by atoms with E-state index in [0.29, 0.717) is 5.82 Å². The molecular weight excluding hydrogens is 256 g/mol. The van der Waals surface area contributed by atoms with Crippen LogP contribution in [0, 0.1) is 18.3 Å². The van der Waals surface area contributed by atoms with Crippen molar-refractivity contribution >= 4 is 17.7 Å². The molecule has 0 aliphatic rings. The van der Waals surface area contributed by atoms with E-state index >= 15 is 0 Å². The molecular formula is C15H22N2O3. The van der Waals surface area contributed by atoms with Crippen LogP contribution >= 0.6 is 0 Å². The molecule has 1 aromatic heterocycles. The van der Waals surface area contributed by atoms with Gasteiger partial charge < -0.3 is 10.1 Å². The first kappa shape index (κ1) is 16.1. The average Bonchev–Trinajstić information content (AvgIpc) is 2.30. The molecule has 0 spiro atoms. The fraction of sp³-hybridized carbons (Fsp3) is 0.533. The third-order valence-corrected chi connectivity index (χ3v) is 2.90. The van der Waals surface area contributed by atoms with Crippen LogP contribution in [0.3, 0.4) is 0 Å². The summed E-state index contributed by atoms with van der Waals surface area (Å²) in [7, 11) is 0. The maximum Gasteiger partial charge on any atom is 0.319 e. The van der Waals surface area contributed by atoms with Crippen LogP contribution in [0.1, 0.15) is 33.3 Å². The summed E-state index contributed by atoms with van der Waals surface area (Å²) in [6.45, 7) is 9.32. The highest BCUT2D eigenvalue weighted by atomic mass is 16.5. The van der Waals surface area contributed by atoms with Gasteiger partial charge in [0, 0.05) is 6.20 Å². The van der Waals surface area contributed by atoms with E-state index in [2.05, 4.69) is 10.3 Å². The normalized spacial score (nSPS) is 12.7. The molecule has 0 saturated carbocycles. The molecule has 1 N–H and O–H groups in total. The Labute approximate surface area is 119 Å². The van der Waals surface area contributed by atoms with Gasteiger partial charge in [-0.05, 0) is 30.9 Å². The fourth-order valence-electron chi connectivity index (χ4n) is 1.88. The van der Waals surface area contributed by atoms with Gasteiger partial charge in [0.15, 0.2) is 0 Å². The van der Waals surface area contributed by atoms with Crippen LogP contribution in [0.2, 0.25) is 0 Å². The third kappa shape index (κ3) is 4.05. The Morgan fingerprint density at radius 1 is 1.40 bits per heavy atom. The van der Waals surface area contributed by atoms with Crippen molar-refractivity contribution in [2.75, 3.05) is 11.9 Å². The molecule has 0 saturated heterocycles. The molecule has 0 aliphatic heterocycles. The van der Waals surface area contributed by atoms with Gasteiger partial charge in [0.2, 0.25) is 5.91 Å². The minimum Gasteiger partial charge on any atom is -0.465 e. The number of carbonyl (C=O) groups excluding carboxylic acids is 2. The second-order valence-electron chi connectivity index (χ2n) is 5.71. The van der Waals surface area contributed by atoms with Gasteiger partial charge in [-0.15, -0.1) is 0 Å². The van der Waals surface area contributed by atoms with Gasteiger partial charge in [-0.1, -0.05) is 26.8 Å². The molecule has 0 bridgehead atoms. The zero-order valence-electron chi connectivity index (χ0n) is 12.7. The van der Waals surface area contributed by atoms with Crippen LogP contribution < -0.4 is 5.32 Å². The number of hydrogen-bond acceptors (Lipinski definition) is 4. The van der Waals surface area contributed by atoms with Gasteiger partial charge in [0.25, 0.3) is 0 Å². The number of esters is 1. The van der Waals surface area contributed by atoms with Crippen molar-refractivity contribution in [2.45, 2.75) is 34.6 Å². The van der Waals surface area contributed by atoms with Crippen molar-refractivity contribution < 1.29 is 14.3 Å². The lowest BCUT2D eigenvalue weighted by molar-refractivity contribution is -0.155. The number of hydrogen-bond donors (Lipinski definition) is 1. The first-order valence-electron chi connectivity index (χ1n) is 6.66. The number of amides is 1. The average molecular weight is 278 g/mol. The Kier molecular flexibility index (Phi) is 5.25. The van der Waals surface area contributed by atoms with Crippen LogP contribution in [0.25, 0.3) is 0 Å². The molecule has 5 nitrogen and oxygen atoms in total. The molecule has 1 aromatic rings. The summed E-state index contributed by atoms with van der Waals surface area (Å²) in [5.74, 6) is -1.30. The summed E-state index contributed by atoms with van der Waals surface area (Å²) in [4.78, 5) is 28.5. The lowest BCUT2D eigenvalue weighted by Crippen LogP contribution is -2.40. The molecule has 1 amide bonds. The summed E-state index contributed by atoms with van der Waals surface area (Å²) in [5.41, 5.74) is 0.316. The monoisotopic (exact) mass is 278 g/mol. The number of carbonyl (C=O) groups is 2. The summed E-state index contributed by atoms with van der Waals surface area (Å²) in [5, 5.41) is 2.71. The highest BCUT2D eigenvalue weighted by Gasteiger charge is 2.39. The van der Waals surface area contributed by atoms with Gasteiger partial charge in [0.1, 0.15) is 11.7 Å². The number of nitrogens with zero attached hydrogens (tertiary/aromatic N) is 1. The second-order valence-corrected chi connectivity index (χ2v) is 5.71. The van der Waals surface area contributed by atoms with E-state index in [-0.39, 0.29) is 6.61 Å². The van der Waals surface area contributed by atoms with Crippen molar-refractivity contribution in [3.8, 4) is 0 Å². The van der Waals surface area contributed by atoms with Gasteiger partial charge in [0.05, 0.1) is 6.61 Å². The van der Waals surface area contributed by atoms with Crippen molar-refractivity contribution in [1.29, 1.82) is 0 Å². The van der Waals surface area contributed by atoms with Crippen LogP contribution in [0.4, 0.5) is 5.82 Å². The van der Waals surface area contributed by atoms with Crippen LogP contribution in [0.5, 0.6) is 0 Å². The zero-order valence-corrected chi connectivity index (χ0v) is 12.7. The molecule has 1 atom stereocenters. The molecule has 0 aliphatic carbocycles. The predicted molar refractivity (Wildman–Crippen MR) is 77.2 cm³/mol. The molecule has 110 valence electrons. The second kappa shape index (κ2) is 6.50. The first-order chi connectivity index (χ1) is 9.27. The highest BCUT2D eigenvalue weighted by molar-refractivity contribution is 6.05. The van der Waals surface area contributed by atoms with Gasteiger partial charge in [-0.25, -0.2) is 4.98 Å². The lowest BCUT2D eigenvalue weighted by Gasteiger charge is -2.27. The number of aromatic nitrogens is 1. The van der Waals surface area contributed by atoms with Crippen LogP contribution in [-0.2, 0) is 14.3 Å². The van der Waals surface area contributed by atoms with E-state index in [4.69, 9.17) is 4.74 Å². The SMILES string of the molecule is CCOC(=O)C(C(=O)Nc1ncccc1C)C(C)(C)C.